The third-order valence-electron chi connectivity index (χ3n) is 1.48. The van der Waals surface area contributed by atoms with Crippen molar-refractivity contribution in [2.75, 3.05) is 14.2 Å². The van der Waals surface area contributed by atoms with Gasteiger partial charge in [-0.3, -0.25) is 16.0 Å². The van der Waals surface area contributed by atoms with Crippen molar-refractivity contribution < 1.29 is 40.1 Å². The van der Waals surface area contributed by atoms with E-state index in [9.17, 15) is 9.59 Å². The van der Waals surface area contributed by atoms with Gasteiger partial charge in [0.2, 0.25) is 0 Å². The summed E-state index contributed by atoms with van der Waals surface area (Å²) in [6, 6.07) is 0. The Kier molecular flexibility index (Phi) is 14.5. The van der Waals surface area contributed by atoms with Crippen molar-refractivity contribution in [1.29, 1.82) is 0 Å². The van der Waals surface area contributed by atoms with Crippen molar-refractivity contribution in [3.8, 4) is 0 Å². The van der Waals surface area contributed by atoms with Crippen LogP contribution in [0.15, 0.2) is 0 Å². The van der Waals surface area contributed by atoms with E-state index in [0.717, 1.165) is 0 Å². The average Bonchev–Trinajstić information content (AvgIpc) is 2.12. The summed E-state index contributed by atoms with van der Waals surface area (Å²) in [4.78, 5) is 21.6. The van der Waals surface area contributed by atoms with Gasteiger partial charge in [0.1, 0.15) is 0 Å². The molecular weight excluding hydrogens is 356 g/mol. The van der Waals surface area contributed by atoms with Crippen LogP contribution in [0.2, 0.25) is 0 Å². The molecule has 0 saturated heterocycles. The van der Waals surface area contributed by atoms with Crippen LogP contribution in [-0.2, 0) is 40.1 Å². The maximum absolute atomic E-state index is 10.9. The van der Waals surface area contributed by atoms with E-state index in [2.05, 4.69) is 9.47 Å². The van der Waals surface area contributed by atoms with E-state index in [0.29, 0.717) is 6.42 Å². The molecule has 0 heterocycles. The first kappa shape index (κ1) is 19.1. The molecule has 82 valence electrons. The minimum Gasteiger partial charge on any atom is -0.491 e. The molecule has 0 aromatic rings. The van der Waals surface area contributed by atoms with Crippen molar-refractivity contribution in [3.05, 3.63) is 13.8 Å². The van der Waals surface area contributed by atoms with Crippen molar-refractivity contribution in [1.82, 2.24) is 0 Å². The van der Waals surface area contributed by atoms with Crippen LogP contribution in [0.1, 0.15) is 13.3 Å². The Morgan fingerprint density at radius 3 is 2.07 bits per heavy atom. The first-order valence-corrected chi connectivity index (χ1v) is 3.66. The standard InChI is InChI=1S/C8H13O4.CH3.W/c1-4-6(8(10)12-3)5-7(9)11-2;;/h5-6H,4H2,1-3H3;1H3;/q2*-1;+2. The largest absolute Gasteiger partial charge is 2.00 e. The Balaban J connectivity index is -0.000000605. The number of methoxy groups -OCH3 is 2. The van der Waals surface area contributed by atoms with Gasteiger partial charge in [0.15, 0.2) is 5.97 Å². The fourth-order valence-electron chi connectivity index (χ4n) is 0.736. The van der Waals surface area contributed by atoms with Gasteiger partial charge in [-0.2, -0.15) is 0 Å². The van der Waals surface area contributed by atoms with Gasteiger partial charge >= 0.3 is 21.1 Å². The topological polar surface area (TPSA) is 52.6 Å². The second-order valence-electron chi connectivity index (χ2n) is 2.23. The van der Waals surface area contributed by atoms with Gasteiger partial charge in [0, 0.05) is 0 Å². The quantitative estimate of drug-likeness (QED) is 0.546. The van der Waals surface area contributed by atoms with Crippen molar-refractivity contribution in [2.45, 2.75) is 13.3 Å². The van der Waals surface area contributed by atoms with E-state index >= 15 is 0 Å². The van der Waals surface area contributed by atoms with Crippen LogP contribution in [0, 0.1) is 19.8 Å². The minimum atomic E-state index is -0.507. The SMILES string of the molecule is CCC([CH-]C(=O)OC)C(=O)OC.[CH3-].[W+2]. The van der Waals surface area contributed by atoms with Gasteiger partial charge < -0.3 is 16.9 Å². The van der Waals surface area contributed by atoms with Gasteiger partial charge in [-0.05, 0) is 5.92 Å². The number of rotatable bonds is 4. The number of carbonyl (C=O) groups is 2. The number of esters is 2. The summed E-state index contributed by atoms with van der Waals surface area (Å²) < 4.78 is 8.85. The van der Waals surface area contributed by atoms with Crippen molar-refractivity contribution in [2.24, 2.45) is 5.92 Å². The molecule has 0 fully saturated rings. The molecule has 0 aromatic carbocycles. The van der Waals surface area contributed by atoms with Gasteiger partial charge in [-0.25, -0.2) is 0 Å². The van der Waals surface area contributed by atoms with Crippen LogP contribution < -0.4 is 0 Å². The van der Waals surface area contributed by atoms with Crippen molar-refractivity contribution in [3.63, 3.8) is 0 Å². The molecule has 1 unspecified atom stereocenters. The third kappa shape index (κ3) is 6.96. The summed E-state index contributed by atoms with van der Waals surface area (Å²) in [6.45, 7) is 1.79. The van der Waals surface area contributed by atoms with Crippen molar-refractivity contribution >= 4 is 11.9 Å². The average molecular weight is 372 g/mol. The molecule has 1 atom stereocenters. The molecule has 0 amide bonds. The zero-order valence-electron chi connectivity index (χ0n) is 8.90. The number of ether oxygens (including phenoxy) is 2. The zero-order chi connectivity index (χ0) is 9.56. The summed E-state index contributed by atoms with van der Waals surface area (Å²) in [6.07, 6.45) is 1.74. The molecule has 0 radical (unpaired) electrons. The molecule has 0 rings (SSSR count). The van der Waals surface area contributed by atoms with E-state index in [4.69, 9.17) is 0 Å². The Morgan fingerprint density at radius 1 is 1.29 bits per heavy atom. The third-order valence-corrected chi connectivity index (χ3v) is 1.48. The summed E-state index contributed by atoms with van der Waals surface area (Å²) in [5, 5.41) is 0. The minimum absolute atomic E-state index is 0. The smallest absolute Gasteiger partial charge is 0.491 e. The molecule has 0 bridgehead atoms. The summed E-state index contributed by atoms with van der Waals surface area (Å²) in [5.74, 6) is -1.42. The first-order chi connectivity index (χ1) is 5.65. The second kappa shape index (κ2) is 10.6. The predicted molar refractivity (Wildman–Crippen MR) is 48.5 cm³/mol. The molecular formula is C9H16O4W. The zero-order valence-corrected chi connectivity index (χ0v) is 11.8. The molecule has 0 aliphatic heterocycles. The molecule has 0 N–H and O–H groups in total. The molecule has 0 saturated carbocycles. The number of carbonyl (C=O) groups excluding carboxylic acids is 2. The van der Waals surface area contributed by atoms with Crippen LogP contribution >= 0.6 is 0 Å². The Labute approximate surface area is 99.6 Å². The Morgan fingerprint density at radius 2 is 1.79 bits per heavy atom. The molecule has 4 nitrogen and oxygen atoms in total. The van der Waals surface area contributed by atoms with Crippen LogP contribution in [0.5, 0.6) is 0 Å². The fraction of sp³-hybridized carbons (Fsp3) is 0.556. The number of hydrogen-bond donors (Lipinski definition) is 0. The first-order valence-electron chi connectivity index (χ1n) is 3.66. The predicted octanol–water partition coefficient (Wildman–Crippen LogP) is 1.01. The maximum atomic E-state index is 10.9. The normalized spacial score (nSPS) is 9.93. The van der Waals surface area contributed by atoms with Crippen LogP contribution in [-0.4, -0.2) is 26.2 Å². The molecule has 0 aromatic heterocycles. The van der Waals surface area contributed by atoms with Crippen LogP contribution in [0.25, 0.3) is 0 Å². The van der Waals surface area contributed by atoms with E-state index in [1.807, 2.05) is 0 Å². The van der Waals surface area contributed by atoms with Gasteiger partial charge in [0.25, 0.3) is 5.97 Å². The van der Waals surface area contributed by atoms with E-state index in [1.165, 1.54) is 20.6 Å². The van der Waals surface area contributed by atoms with Gasteiger partial charge in [-0.1, -0.05) is 13.3 Å². The van der Waals surface area contributed by atoms with E-state index in [1.54, 1.807) is 6.92 Å². The van der Waals surface area contributed by atoms with Gasteiger partial charge in [-0.15, -0.1) is 0 Å². The summed E-state index contributed by atoms with van der Waals surface area (Å²) in [7, 11) is 2.55. The summed E-state index contributed by atoms with van der Waals surface area (Å²) >= 11 is 0. The second-order valence-corrected chi connectivity index (χ2v) is 2.23. The van der Waals surface area contributed by atoms with Gasteiger partial charge in [0.05, 0.1) is 14.2 Å². The fourth-order valence-corrected chi connectivity index (χ4v) is 0.736. The van der Waals surface area contributed by atoms with Crippen LogP contribution in [0.3, 0.4) is 0 Å². The molecule has 0 aliphatic carbocycles. The number of hydrogen-bond acceptors (Lipinski definition) is 4. The maximum Gasteiger partial charge on any atom is 2.00 e. The monoisotopic (exact) mass is 372 g/mol. The summed E-state index contributed by atoms with van der Waals surface area (Å²) in [5.41, 5.74) is 0. The Hall–Kier alpha value is -0.502. The Bertz CT molecular complexity index is 170. The van der Waals surface area contributed by atoms with E-state index < -0.39 is 17.9 Å². The molecule has 14 heavy (non-hydrogen) atoms. The van der Waals surface area contributed by atoms with E-state index in [-0.39, 0.29) is 28.5 Å². The molecule has 0 spiro atoms. The molecule has 5 heteroatoms. The van der Waals surface area contributed by atoms with Crippen LogP contribution in [0.4, 0.5) is 0 Å². The molecule has 0 aliphatic rings.